The van der Waals surface area contributed by atoms with Crippen molar-refractivity contribution in [3.8, 4) is 0 Å². The number of aliphatic carboxylic acids is 1. The Morgan fingerprint density at radius 2 is 1.62 bits per heavy atom. The summed E-state index contributed by atoms with van der Waals surface area (Å²) < 4.78 is 7.75. The second-order valence-electron chi connectivity index (χ2n) is 3.49. The van der Waals surface area contributed by atoms with E-state index in [4.69, 9.17) is 5.11 Å². The molecule has 0 aromatic rings. The Bertz CT molecular complexity index is 134. The number of ether oxygens (including phenoxy) is 1. The predicted octanol–water partition coefficient (Wildman–Crippen LogP) is 3.23. The standard InChI is InChI=1S/C4H8O3.2C4H9.Sn/c1-2-7-3-4(5)6;2*1-3-4-2;/h2-3H2,1H3,(H,5,6);2*1,3-4H2,2H3;. The van der Waals surface area contributed by atoms with Gasteiger partial charge in [0.05, 0.1) is 0 Å². The second-order valence-corrected chi connectivity index (χ2v) is 7.77. The van der Waals surface area contributed by atoms with Crippen LogP contribution in [0.1, 0.15) is 46.5 Å². The molecule has 96 valence electrons. The van der Waals surface area contributed by atoms with E-state index in [-0.39, 0.29) is 27.7 Å². The fraction of sp³-hybridized carbons (Fsp3) is 0.917. The van der Waals surface area contributed by atoms with Crippen molar-refractivity contribution in [1.29, 1.82) is 0 Å². The van der Waals surface area contributed by atoms with Gasteiger partial charge in [0.25, 0.3) is 0 Å². The zero-order valence-corrected chi connectivity index (χ0v) is 13.8. The van der Waals surface area contributed by atoms with Crippen LogP contribution in [0.5, 0.6) is 0 Å². The van der Waals surface area contributed by atoms with Crippen LogP contribution < -0.4 is 0 Å². The van der Waals surface area contributed by atoms with E-state index in [2.05, 4.69) is 18.6 Å². The van der Waals surface area contributed by atoms with Crippen LogP contribution in [-0.4, -0.2) is 45.4 Å². The van der Waals surface area contributed by atoms with Crippen molar-refractivity contribution in [3.63, 3.8) is 0 Å². The molecule has 0 bridgehead atoms. The van der Waals surface area contributed by atoms with Crippen molar-refractivity contribution in [2.24, 2.45) is 0 Å². The van der Waals surface area contributed by atoms with Gasteiger partial charge in [-0.15, -0.1) is 0 Å². The van der Waals surface area contributed by atoms with E-state index < -0.39 is 5.97 Å². The van der Waals surface area contributed by atoms with E-state index in [1.165, 1.54) is 25.7 Å². The number of carbonyl (C=O) groups is 1. The third kappa shape index (κ3) is 23.8. The topological polar surface area (TPSA) is 46.5 Å². The molecule has 0 aliphatic carbocycles. The molecular formula is C12H26O3Sn. The molecule has 0 aliphatic rings. The van der Waals surface area contributed by atoms with Crippen LogP contribution in [0.3, 0.4) is 0 Å². The minimum Gasteiger partial charge on any atom is -0.480 e. The van der Waals surface area contributed by atoms with Crippen LogP contribution in [-0.2, 0) is 9.53 Å². The molecule has 0 unspecified atom stereocenters. The first kappa shape index (κ1) is 18.6. The van der Waals surface area contributed by atoms with Crippen LogP contribution in [0, 0.1) is 0 Å². The average Bonchev–Trinajstić information content (AvgIpc) is 2.27. The molecule has 0 aliphatic heterocycles. The summed E-state index contributed by atoms with van der Waals surface area (Å²) in [7, 11) is 0. The maximum absolute atomic E-state index is 9.63. The van der Waals surface area contributed by atoms with Crippen molar-refractivity contribution in [1.82, 2.24) is 0 Å². The summed E-state index contributed by atoms with van der Waals surface area (Å²) >= 11 is 0.149. The van der Waals surface area contributed by atoms with Crippen molar-refractivity contribution < 1.29 is 14.6 Å². The molecule has 0 aromatic heterocycles. The van der Waals surface area contributed by atoms with E-state index in [0.717, 1.165) is 0 Å². The summed E-state index contributed by atoms with van der Waals surface area (Å²) in [5.74, 6) is -0.915. The summed E-state index contributed by atoms with van der Waals surface area (Å²) in [6.45, 7) is 6.62. The summed E-state index contributed by atoms with van der Waals surface area (Å²) in [6, 6.07) is 0. The molecule has 0 heterocycles. The molecule has 16 heavy (non-hydrogen) atoms. The summed E-state index contributed by atoms with van der Waals surface area (Å²) in [6.07, 6.45) is 5.84. The van der Waals surface area contributed by atoms with E-state index in [1.807, 2.05) is 0 Å². The first-order chi connectivity index (χ1) is 7.68. The van der Waals surface area contributed by atoms with Crippen LogP contribution in [0.2, 0.25) is 8.87 Å². The van der Waals surface area contributed by atoms with Gasteiger partial charge in [0, 0.05) is 6.61 Å². The van der Waals surface area contributed by atoms with Gasteiger partial charge in [0.1, 0.15) is 6.61 Å². The average molecular weight is 337 g/mol. The van der Waals surface area contributed by atoms with Crippen LogP contribution in [0.4, 0.5) is 0 Å². The van der Waals surface area contributed by atoms with E-state index in [1.54, 1.807) is 15.8 Å². The molecule has 4 heteroatoms. The van der Waals surface area contributed by atoms with Gasteiger partial charge >= 0.3 is 75.5 Å². The van der Waals surface area contributed by atoms with Gasteiger partial charge in [-0.1, -0.05) is 0 Å². The van der Waals surface area contributed by atoms with Gasteiger partial charge < -0.3 is 9.84 Å². The number of unbranched alkanes of at least 4 members (excludes halogenated alkanes) is 2. The van der Waals surface area contributed by atoms with Gasteiger partial charge in [-0.25, -0.2) is 4.79 Å². The second kappa shape index (κ2) is 17.6. The van der Waals surface area contributed by atoms with Gasteiger partial charge in [-0.05, 0) is 6.92 Å². The van der Waals surface area contributed by atoms with E-state index in [0.29, 0.717) is 6.61 Å². The number of carboxylic acids is 1. The third-order valence-electron chi connectivity index (χ3n) is 1.84. The Kier molecular flexibility index (Phi) is 20.5. The molecular weight excluding hydrogens is 311 g/mol. The Labute approximate surface area is 110 Å². The zero-order valence-electron chi connectivity index (χ0n) is 10.9. The first-order valence-corrected chi connectivity index (χ1v) is 10.2. The van der Waals surface area contributed by atoms with Crippen molar-refractivity contribution in [2.45, 2.75) is 55.3 Å². The minimum atomic E-state index is -0.915. The zero-order chi connectivity index (χ0) is 12.6. The van der Waals surface area contributed by atoms with Crippen molar-refractivity contribution in [3.05, 3.63) is 0 Å². The number of carboxylic acid groups (broad SMARTS) is 1. The van der Waals surface area contributed by atoms with E-state index in [9.17, 15) is 4.79 Å². The van der Waals surface area contributed by atoms with Gasteiger partial charge in [-0.3, -0.25) is 0 Å². The molecule has 0 rings (SSSR count). The SMILES string of the molecule is CCC[CH2][Sn][CH2]CCC.CCOCC(=O)O. The summed E-state index contributed by atoms with van der Waals surface area (Å²) in [4.78, 5) is 9.63. The molecule has 0 spiro atoms. The Balaban J connectivity index is 0. The summed E-state index contributed by atoms with van der Waals surface area (Å²) in [5.41, 5.74) is 0. The smallest absolute Gasteiger partial charge is 0.329 e. The first-order valence-electron chi connectivity index (χ1n) is 6.19. The van der Waals surface area contributed by atoms with Crippen LogP contribution in [0.15, 0.2) is 0 Å². The summed E-state index contributed by atoms with van der Waals surface area (Å²) in [5, 5.41) is 7.92. The molecule has 2 radical (unpaired) electrons. The Hall–Kier alpha value is 0.229. The Morgan fingerprint density at radius 3 is 1.88 bits per heavy atom. The monoisotopic (exact) mass is 338 g/mol. The molecule has 0 saturated carbocycles. The van der Waals surface area contributed by atoms with Crippen LogP contribution in [0.25, 0.3) is 0 Å². The molecule has 0 aromatic carbocycles. The minimum absolute atomic E-state index is 0.149. The molecule has 0 saturated heterocycles. The number of hydrogen-bond donors (Lipinski definition) is 1. The number of rotatable bonds is 9. The fourth-order valence-corrected chi connectivity index (χ4v) is 5.08. The molecule has 1 N–H and O–H groups in total. The maximum atomic E-state index is 9.63. The maximum Gasteiger partial charge on any atom is 0.329 e. The molecule has 0 atom stereocenters. The van der Waals surface area contributed by atoms with Crippen molar-refractivity contribution in [2.75, 3.05) is 13.2 Å². The third-order valence-corrected chi connectivity index (χ3v) is 5.88. The van der Waals surface area contributed by atoms with Gasteiger partial charge in [-0.2, -0.15) is 0 Å². The molecule has 0 amide bonds. The van der Waals surface area contributed by atoms with Crippen molar-refractivity contribution >= 4 is 27.1 Å². The predicted molar refractivity (Wildman–Crippen MR) is 69.3 cm³/mol. The van der Waals surface area contributed by atoms with Gasteiger partial charge in [0.15, 0.2) is 0 Å². The largest absolute Gasteiger partial charge is 0.480 e. The van der Waals surface area contributed by atoms with Crippen LogP contribution >= 0.6 is 0 Å². The number of hydrogen-bond acceptors (Lipinski definition) is 2. The molecule has 0 fully saturated rings. The normalized spacial score (nSPS) is 9.44. The van der Waals surface area contributed by atoms with Gasteiger partial charge in [0.2, 0.25) is 0 Å². The van der Waals surface area contributed by atoms with E-state index >= 15 is 0 Å². The Morgan fingerprint density at radius 1 is 1.12 bits per heavy atom. The fourth-order valence-electron chi connectivity index (χ4n) is 0.918. The molecule has 3 nitrogen and oxygen atoms in total. The quantitative estimate of drug-likeness (QED) is 0.519.